The molecule has 5 nitrogen and oxygen atoms in total. The molecule has 0 saturated heterocycles. The number of benzene rings is 2. The third-order valence-corrected chi connectivity index (χ3v) is 8.39. The standard InChI is InChI=1S/C21H22FINO4PS/c1-5-28-21(25)19-20(17-11-15(23)6-7-18(17)24(19)30)29(26,27-4)16-9-13(12(2)3)8-14(22)10-16/h6-12,30H,5H2,1-4H3. The molecule has 0 radical (unpaired) electrons. The number of rotatable bonds is 6. The molecular formula is C21H22FINO4PS. The molecule has 3 rings (SSSR count). The van der Waals surface area contributed by atoms with Gasteiger partial charge in [0.25, 0.3) is 7.37 Å². The van der Waals surface area contributed by atoms with Crippen LogP contribution in [0.5, 0.6) is 0 Å². The lowest BCUT2D eigenvalue weighted by molar-refractivity contribution is 0.0520. The monoisotopic (exact) mass is 561 g/mol. The summed E-state index contributed by atoms with van der Waals surface area (Å²) in [5, 5.41) is 0.881. The summed E-state index contributed by atoms with van der Waals surface area (Å²) in [6.45, 7) is 5.66. The molecule has 3 aromatic rings. The Morgan fingerprint density at radius 3 is 2.57 bits per heavy atom. The molecular weight excluding hydrogens is 539 g/mol. The number of thiol groups is 1. The highest BCUT2D eigenvalue weighted by Gasteiger charge is 2.38. The van der Waals surface area contributed by atoms with Crippen LogP contribution in [0.1, 0.15) is 42.7 Å². The molecule has 1 atom stereocenters. The Balaban J connectivity index is 2.43. The molecule has 30 heavy (non-hydrogen) atoms. The Morgan fingerprint density at radius 2 is 1.97 bits per heavy atom. The number of fused-ring (bicyclic) bond motifs is 1. The molecule has 0 aliphatic rings. The molecule has 0 fully saturated rings. The van der Waals surface area contributed by atoms with Crippen LogP contribution in [0.4, 0.5) is 4.39 Å². The minimum atomic E-state index is -3.87. The first kappa shape index (κ1) is 23.3. The number of nitrogens with zero attached hydrogens (tertiary/aromatic N) is 1. The molecule has 1 unspecified atom stereocenters. The van der Waals surface area contributed by atoms with E-state index < -0.39 is 19.2 Å². The second-order valence-electron chi connectivity index (χ2n) is 7.02. The highest BCUT2D eigenvalue weighted by Crippen LogP contribution is 2.48. The van der Waals surface area contributed by atoms with Gasteiger partial charge in [-0.05, 0) is 77.4 Å². The van der Waals surface area contributed by atoms with E-state index in [0.29, 0.717) is 16.5 Å². The van der Waals surface area contributed by atoms with Crippen molar-refractivity contribution in [2.75, 3.05) is 13.7 Å². The quantitative estimate of drug-likeness (QED) is 0.193. The SMILES string of the molecule is CCOC(=O)c1c(P(=O)(OC)c2cc(F)cc(C(C)C)c2)c2cc(I)ccc2n1S. The van der Waals surface area contributed by atoms with Crippen LogP contribution in [0.25, 0.3) is 10.9 Å². The van der Waals surface area contributed by atoms with Crippen molar-refractivity contribution in [3.05, 3.63) is 57.0 Å². The van der Waals surface area contributed by atoms with Crippen LogP contribution in [-0.2, 0) is 13.8 Å². The average Bonchev–Trinajstić information content (AvgIpc) is 2.99. The number of esters is 1. The van der Waals surface area contributed by atoms with Crippen molar-refractivity contribution in [3.63, 3.8) is 0 Å². The molecule has 9 heteroatoms. The van der Waals surface area contributed by atoms with Crippen molar-refractivity contribution in [3.8, 4) is 0 Å². The van der Waals surface area contributed by atoms with Crippen molar-refractivity contribution in [2.45, 2.75) is 26.7 Å². The van der Waals surface area contributed by atoms with Gasteiger partial charge in [-0.15, -0.1) is 0 Å². The van der Waals surface area contributed by atoms with Gasteiger partial charge in [-0.1, -0.05) is 26.7 Å². The average molecular weight is 561 g/mol. The summed E-state index contributed by atoms with van der Waals surface area (Å²) in [5.74, 6) is -1.18. The van der Waals surface area contributed by atoms with Crippen LogP contribution >= 0.6 is 42.8 Å². The first-order valence-corrected chi connectivity index (χ1v) is 12.4. The van der Waals surface area contributed by atoms with Gasteiger partial charge in [0, 0.05) is 21.4 Å². The van der Waals surface area contributed by atoms with Crippen LogP contribution in [0, 0.1) is 9.39 Å². The number of aromatic nitrogens is 1. The van der Waals surface area contributed by atoms with Gasteiger partial charge in [0.15, 0.2) is 5.69 Å². The summed E-state index contributed by atoms with van der Waals surface area (Å²) < 4.78 is 41.8. The molecule has 0 aliphatic heterocycles. The van der Waals surface area contributed by atoms with Gasteiger partial charge >= 0.3 is 5.97 Å². The zero-order chi connectivity index (χ0) is 22.2. The van der Waals surface area contributed by atoms with Crippen LogP contribution < -0.4 is 10.6 Å². The maximum atomic E-state index is 14.4. The predicted octanol–water partition coefficient (Wildman–Crippen LogP) is 5.25. The number of carbonyl (C=O) groups is 1. The van der Waals surface area contributed by atoms with E-state index in [1.165, 1.54) is 23.2 Å². The zero-order valence-electron chi connectivity index (χ0n) is 17.0. The lowest BCUT2D eigenvalue weighted by Gasteiger charge is -2.20. The van der Waals surface area contributed by atoms with Crippen LogP contribution in [0.3, 0.4) is 0 Å². The van der Waals surface area contributed by atoms with E-state index in [0.717, 1.165) is 3.57 Å². The molecule has 0 spiro atoms. The normalized spacial score (nSPS) is 13.6. The predicted molar refractivity (Wildman–Crippen MR) is 129 cm³/mol. The van der Waals surface area contributed by atoms with Crippen molar-refractivity contribution in [1.82, 2.24) is 3.97 Å². The van der Waals surface area contributed by atoms with E-state index in [4.69, 9.17) is 9.26 Å². The van der Waals surface area contributed by atoms with E-state index in [1.54, 1.807) is 25.1 Å². The Kier molecular flexibility index (Phi) is 7.01. The summed E-state index contributed by atoms with van der Waals surface area (Å²) >= 11 is 6.60. The number of carbonyl (C=O) groups excluding carboxylic acids is 1. The summed E-state index contributed by atoms with van der Waals surface area (Å²) in [5.41, 5.74) is 1.27. The molecule has 2 aromatic carbocycles. The smallest absolute Gasteiger partial charge is 0.356 e. The zero-order valence-corrected chi connectivity index (χ0v) is 20.9. The second kappa shape index (κ2) is 9.02. The van der Waals surface area contributed by atoms with E-state index in [9.17, 15) is 13.8 Å². The van der Waals surface area contributed by atoms with E-state index in [1.807, 2.05) is 19.9 Å². The largest absolute Gasteiger partial charge is 0.461 e. The molecule has 0 saturated carbocycles. The van der Waals surface area contributed by atoms with Gasteiger partial charge in [-0.2, -0.15) is 0 Å². The molecule has 0 amide bonds. The summed E-state index contributed by atoms with van der Waals surface area (Å²) in [7, 11) is -2.58. The molecule has 1 aromatic heterocycles. The van der Waals surface area contributed by atoms with E-state index >= 15 is 0 Å². The van der Waals surface area contributed by atoms with Gasteiger partial charge in [-0.25, -0.2) is 9.18 Å². The summed E-state index contributed by atoms with van der Waals surface area (Å²) in [6.07, 6.45) is 0. The van der Waals surface area contributed by atoms with Gasteiger partial charge < -0.3 is 9.26 Å². The van der Waals surface area contributed by atoms with Gasteiger partial charge in [0.1, 0.15) is 5.82 Å². The lowest BCUT2D eigenvalue weighted by atomic mass is 10.0. The fourth-order valence-electron chi connectivity index (χ4n) is 3.34. The third-order valence-electron chi connectivity index (χ3n) is 4.81. The number of halogens is 2. The molecule has 0 bridgehead atoms. The summed E-state index contributed by atoms with van der Waals surface area (Å²) in [6, 6.07) is 9.70. The molecule has 0 aliphatic carbocycles. The molecule has 160 valence electrons. The Hall–Kier alpha value is -1.35. The van der Waals surface area contributed by atoms with E-state index in [2.05, 4.69) is 35.4 Å². The topological polar surface area (TPSA) is 57.5 Å². The Labute approximate surface area is 194 Å². The van der Waals surface area contributed by atoms with E-state index in [-0.39, 0.29) is 28.8 Å². The van der Waals surface area contributed by atoms with Gasteiger partial charge in [0.2, 0.25) is 0 Å². The first-order chi connectivity index (χ1) is 14.1. The fourth-order valence-corrected chi connectivity index (χ4v) is 6.49. The first-order valence-electron chi connectivity index (χ1n) is 9.31. The van der Waals surface area contributed by atoms with Gasteiger partial charge in [-0.3, -0.25) is 8.54 Å². The number of hydrogen-bond acceptors (Lipinski definition) is 5. The minimum absolute atomic E-state index is 0.0118. The highest BCUT2D eigenvalue weighted by atomic mass is 127. The van der Waals surface area contributed by atoms with Crippen LogP contribution in [0.15, 0.2) is 36.4 Å². The Bertz CT molecular complexity index is 1180. The Morgan fingerprint density at radius 1 is 1.27 bits per heavy atom. The maximum absolute atomic E-state index is 14.4. The third kappa shape index (κ3) is 4.07. The van der Waals surface area contributed by atoms with Crippen molar-refractivity contribution < 1.29 is 23.0 Å². The second-order valence-corrected chi connectivity index (χ2v) is 11.1. The molecule has 0 N–H and O–H groups in total. The van der Waals surface area contributed by atoms with Crippen molar-refractivity contribution >= 4 is 70.3 Å². The molecule has 1 heterocycles. The van der Waals surface area contributed by atoms with Gasteiger partial charge in [0.05, 0.1) is 17.4 Å². The van der Waals surface area contributed by atoms with Crippen molar-refractivity contribution in [2.24, 2.45) is 0 Å². The van der Waals surface area contributed by atoms with Crippen molar-refractivity contribution in [1.29, 1.82) is 0 Å². The lowest BCUT2D eigenvalue weighted by Crippen LogP contribution is -2.25. The van der Waals surface area contributed by atoms with Crippen LogP contribution in [0.2, 0.25) is 0 Å². The maximum Gasteiger partial charge on any atom is 0.356 e. The number of hydrogen-bond donors (Lipinski definition) is 1. The minimum Gasteiger partial charge on any atom is -0.461 e. The summed E-state index contributed by atoms with van der Waals surface area (Å²) in [4.78, 5) is 12.8. The highest BCUT2D eigenvalue weighted by molar-refractivity contribution is 14.1. The number of ether oxygens (including phenoxy) is 1. The fraction of sp³-hybridized carbons (Fsp3) is 0.286. The van der Waals surface area contributed by atoms with Crippen LogP contribution in [-0.4, -0.2) is 23.7 Å².